The molecule has 0 fully saturated rings. The summed E-state index contributed by atoms with van der Waals surface area (Å²) in [5.74, 6) is 0.705. The Morgan fingerprint density at radius 3 is 3.00 bits per heavy atom. The number of para-hydroxylation sites is 1. The van der Waals surface area contributed by atoms with E-state index in [1.54, 1.807) is 0 Å². The summed E-state index contributed by atoms with van der Waals surface area (Å²) < 4.78 is 3.79. The highest BCUT2D eigenvalue weighted by molar-refractivity contribution is 7.03. The van der Waals surface area contributed by atoms with Crippen LogP contribution in [0.15, 0.2) is 23.6 Å². The van der Waals surface area contributed by atoms with E-state index < -0.39 is 0 Å². The third-order valence-electron chi connectivity index (χ3n) is 2.15. The molecular weight excluding hydrogens is 210 g/mol. The van der Waals surface area contributed by atoms with Crippen molar-refractivity contribution in [2.75, 3.05) is 5.73 Å². The maximum atomic E-state index is 5.81. The summed E-state index contributed by atoms with van der Waals surface area (Å²) in [6, 6.07) is 5.65. The molecule has 2 heterocycles. The molecule has 2 aromatic heterocycles. The molecule has 0 saturated carbocycles. The number of rotatable bonds is 1. The minimum absolute atomic E-state index is 0.665. The van der Waals surface area contributed by atoms with Gasteiger partial charge in [-0.25, -0.2) is 4.98 Å². The largest absolute Gasteiger partial charge is 0.397 e. The summed E-state index contributed by atoms with van der Waals surface area (Å²) in [7, 11) is 0. The molecule has 0 aliphatic carbocycles. The lowest BCUT2D eigenvalue weighted by Crippen LogP contribution is -1.85. The molecule has 0 saturated heterocycles. The van der Waals surface area contributed by atoms with Gasteiger partial charge in [-0.1, -0.05) is 10.6 Å². The van der Waals surface area contributed by atoms with E-state index in [-0.39, 0.29) is 0 Å². The van der Waals surface area contributed by atoms with Crippen LogP contribution in [0.5, 0.6) is 0 Å². The number of nitrogens with two attached hydrogens (primary N) is 1. The smallest absolute Gasteiger partial charge is 0.160 e. The van der Waals surface area contributed by atoms with Crippen molar-refractivity contribution >= 4 is 28.3 Å². The Labute approximate surface area is 89.1 Å². The molecule has 15 heavy (non-hydrogen) atoms. The highest BCUT2D eigenvalue weighted by atomic mass is 32.1. The summed E-state index contributed by atoms with van der Waals surface area (Å²) in [6.07, 6.45) is 0. The Balaban J connectivity index is 2.27. The fraction of sp³-hybridized carbons (Fsp3) is 0. The van der Waals surface area contributed by atoms with E-state index in [4.69, 9.17) is 5.73 Å². The number of benzene rings is 1. The SMILES string of the molecule is Nc1cccc2[nH]c(-c3csnn3)nc12. The molecule has 0 aliphatic rings. The van der Waals surface area contributed by atoms with E-state index in [0.29, 0.717) is 11.5 Å². The van der Waals surface area contributed by atoms with Crippen LogP contribution < -0.4 is 5.73 Å². The first-order valence-corrected chi connectivity index (χ1v) is 5.20. The maximum Gasteiger partial charge on any atom is 0.160 e. The van der Waals surface area contributed by atoms with Crippen LogP contribution in [-0.2, 0) is 0 Å². The Morgan fingerprint density at radius 1 is 1.33 bits per heavy atom. The zero-order valence-electron chi connectivity index (χ0n) is 7.64. The predicted octanol–water partition coefficient (Wildman–Crippen LogP) is 1.66. The average Bonchev–Trinajstić information content (AvgIpc) is 2.86. The number of aromatic nitrogens is 4. The molecule has 3 aromatic rings. The lowest BCUT2D eigenvalue weighted by Gasteiger charge is -1.90. The average molecular weight is 217 g/mol. The molecule has 74 valence electrons. The predicted molar refractivity (Wildman–Crippen MR) is 59.4 cm³/mol. The highest BCUT2D eigenvalue weighted by Crippen LogP contribution is 2.22. The van der Waals surface area contributed by atoms with Gasteiger partial charge < -0.3 is 10.7 Å². The van der Waals surface area contributed by atoms with E-state index in [2.05, 4.69) is 19.6 Å². The second kappa shape index (κ2) is 3.03. The van der Waals surface area contributed by atoms with E-state index in [1.165, 1.54) is 11.5 Å². The second-order valence-corrected chi connectivity index (χ2v) is 3.73. The van der Waals surface area contributed by atoms with E-state index in [9.17, 15) is 0 Å². The van der Waals surface area contributed by atoms with Crippen molar-refractivity contribution in [3.05, 3.63) is 23.6 Å². The van der Waals surface area contributed by atoms with Crippen LogP contribution in [0.25, 0.3) is 22.6 Å². The van der Waals surface area contributed by atoms with Crippen molar-refractivity contribution in [1.29, 1.82) is 0 Å². The number of nitrogens with one attached hydrogen (secondary N) is 1. The van der Waals surface area contributed by atoms with Gasteiger partial charge in [0.2, 0.25) is 0 Å². The van der Waals surface area contributed by atoms with Gasteiger partial charge in [-0.2, -0.15) is 0 Å². The Kier molecular flexibility index (Phi) is 1.69. The summed E-state index contributed by atoms with van der Waals surface area (Å²) in [6.45, 7) is 0. The third kappa shape index (κ3) is 1.26. The number of aromatic amines is 1. The van der Waals surface area contributed by atoms with Crippen LogP contribution in [-0.4, -0.2) is 19.6 Å². The molecular formula is C9H7N5S. The van der Waals surface area contributed by atoms with Gasteiger partial charge in [-0.3, -0.25) is 0 Å². The Hall–Kier alpha value is -1.95. The molecule has 1 aromatic carbocycles. The number of nitrogen functional groups attached to an aromatic ring is 1. The minimum atomic E-state index is 0.665. The monoisotopic (exact) mass is 217 g/mol. The lowest BCUT2D eigenvalue weighted by molar-refractivity contribution is 1.13. The van der Waals surface area contributed by atoms with E-state index in [0.717, 1.165) is 16.7 Å². The fourth-order valence-corrected chi connectivity index (χ4v) is 1.88. The van der Waals surface area contributed by atoms with E-state index >= 15 is 0 Å². The van der Waals surface area contributed by atoms with Gasteiger partial charge in [0.25, 0.3) is 0 Å². The normalized spacial score (nSPS) is 10.9. The van der Waals surface area contributed by atoms with Crippen molar-refractivity contribution < 1.29 is 0 Å². The summed E-state index contributed by atoms with van der Waals surface area (Å²) in [4.78, 5) is 7.53. The van der Waals surface area contributed by atoms with Gasteiger partial charge in [-0.15, -0.1) is 5.10 Å². The Morgan fingerprint density at radius 2 is 2.27 bits per heavy atom. The van der Waals surface area contributed by atoms with Crippen LogP contribution >= 0.6 is 11.5 Å². The first-order valence-electron chi connectivity index (χ1n) is 4.36. The number of hydrogen-bond donors (Lipinski definition) is 2. The first kappa shape index (κ1) is 8.37. The second-order valence-electron chi connectivity index (χ2n) is 3.12. The molecule has 0 bridgehead atoms. The van der Waals surface area contributed by atoms with Gasteiger partial charge in [0.15, 0.2) is 5.82 Å². The van der Waals surface area contributed by atoms with Crippen molar-refractivity contribution in [2.45, 2.75) is 0 Å². The van der Waals surface area contributed by atoms with Crippen LogP contribution in [0.2, 0.25) is 0 Å². The number of H-pyrrole nitrogens is 1. The molecule has 6 heteroatoms. The van der Waals surface area contributed by atoms with Gasteiger partial charge >= 0.3 is 0 Å². The summed E-state index contributed by atoms with van der Waals surface area (Å²) in [5.41, 5.74) is 8.91. The third-order valence-corrected chi connectivity index (χ3v) is 2.65. The molecule has 0 aliphatic heterocycles. The van der Waals surface area contributed by atoms with Gasteiger partial charge in [-0.05, 0) is 23.7 Å². The standard InChI is InChI=1S/C9H7N5S/c10-5-2-1-3-6-8(5)12-9(11-6)7-4-15-14-13-7/h1-4H,10H2,(H,11,12). The molecule has 0 atom stereocenters. The van der Waals surface area contributed by atoms with Crippen LogP contribution in [0, 0.1) is 0 Å². The maximum absolute atomic E-state index is 5.81. The molecule has 0 amide bonds. The topological polar surface area (TPSA) is 80.5 Å². The van der Waals surface area contributed by atoms with Gasteiger partial charge in [0, 0.05) is 5.38 Å². The van der Waals surface area contributed by atoms with Gasteiger partial charge in [0.1, 0.15) is 11.2 Å². The van der Waals surface area contributed by atoms with Crippen molar-refractivity contribution in [3.63, 3.8) is 0 Å². The first-order chi connectivity index (χ1) is 7.34. The number of nitrogens with zero attached hydrogens (tertiary/aromatic N) is 3. The molecule has 3 N–H and O–H groups in total. The number of hydrogen-bond acceptors (Lipinski definition) is 5. The van der Waals surface area contributed by atoms with Crippen molar-refractivity contribution in [1.82, 2.24) is 19.6 Å². The van der Waals surface area contributed by atoms with Gasteiger partial charge in [0.05, 0.1) is 11.2 Å². The molecule has 5 nitrogen and oxygen atoms in total. The van der Waals surface area contributed by atoms with Crippen LogP contribution in [0.4, 0.5) is 5.69 Å². The summed E-state index contributed by atoms with van der Waals surface area (Å²) >= 11 is 1.30. The molecule has 3 rings (SSSR count). The molecule has 0 radical (unpaired) electrons. The fourth-order valence-electron chi connectivity index (χ4n) is 1.44. The van der Waals surface area contributed by atoms with Crippen molar-refractivity contribution in [2.24, 2.45) is 0 Å². The molecule has 0 unspecified atom stereocenters. The van der Waals surface area contributed by atoms with Crippen LogP contribution in [0.3, 0.4) is 0 Å². The van der Waals surface area contributed by atoms with Crippen molar-refractivity contribution in [3.8, 4) is 11.5 Å². The quantitative estimate of drug-likeness (QED) is 0.607. The summed E-state index contributed by atoms with van der Waals surface area (Å²) in [5, 5.41) is 5.79. The zero-order valence-corrected chi connectivity index (χ0v) is 8.45. The van der Waals surface area contributed by atoms with E-state index in [1.807, 2.05) is 23.6 Å². The number of fused-ring (bicyclic) bond motifs is 1. The Bertz CT molecular complexity index is 598. The minimum Gasteiger partial charge on any atom is -0.397 e. The highest BCUT2D eigenvalue weighted by Gasteiger charge is 2.08. The van der Waals surface area contributed by atoms with Crippen LogP contribution in [0.1, 0.15) is 0 Å². The number of imidazole rings is 1. The number of anilines is 1. The lowest BCUT2D eigenvalue weighted by atomic mass is 10.3. The molecule has 0 spiro atoms. The zero-order chi connectivity index (χ0) is 10.3.